The summed E-state index contributed by atoms with van der Waals surface area (Å²) >= 11 is 0. The molecular weight excluding hydrogens is 348 g/mol. The maximum Gasteiger partial charge on any atom is 0.251 e. The SMILES string of the molecule is Nc1cncc(-c2cccc(C(=O)N[C@@H]3CCCN(C4CCCCC4)C3)c2)c1. The molecule has 0 radical (unpaired) electrons. The van der Waals surface area contributed by atoms with E-state index in [0.717, 1.165) is 30.5 Å². The lowest BCUT2D eigenvalue weighted by molar-refractivity contribution is 0.0835. The van der Waals surface area contributed by atoms with Crippen LogP contribution in [0.5, 0.6) is 0 Å². The largest absolute Gasteiger partial charge is 0.397 e. The lowest BCUT2D eigenvalue weighted by atomic mass is 9.92. The number of anilines is 1. The Bertz CT molecular complexity index is 816. The number of piperidine rings is 1. The van der Waals surface area contributed by atoms with Gasteiger partial charge in [0, 0.05) is 42.1 Å². The Kier molecular flexibility index (Phi) is 5.91. The number of pyridine rings is 1. The molecule has 4 rings (SSSR count). The molecule has 3 N–H and O–H groups in total. The van der Waals surface area contributed by atoms with E-state index in [1.54, 1.807) is 12.4 Å². The highest BCUT2D eigenvalue weighted by molar-refractivity contribution is 5.95. The van der Waals surface area contributed by atoms with Crippen LogP contribution < -0.4 is 11.1 Å². The van der Waals surface area contributed by atoms with Crippen LogP contribution in [-0.2, 0) is 0 Å². The first-order valence-electron chi connectivity index (χ1n) is 10.5. The Morgan fingerprint density at radius 2 is 1.89 bits per heavy atom. The van der Waals surface area contributed by atoms with Crippen molar-refractivity contribution in [2.45, 2.75) is 57.0 Å². The molecule has 2 aromatic rings. The first-order valence-corrected chi connectivity index (χ1v) is 10.5. The molecule has 1 saturated heterocycles. The van der Waals surface area contributed by atoms with Crippen LogP contribution >= 0.6 is 0 Å². The molecular formula is C23H30N4O. The number of hydrogen-bond acceptors (Lipinski definition) is 4. The molecule has 1 aromatic heterocycles. The van der Waals surface area contributed by atoms with Gasteiger partial charge in [-0.15, -0.1) is 0 Å². The smallest absolute Gasteiger partial charge is 0.251 e. The normalized spacial score (nSPS) is 21.4. The third kappa shape index (κ3) is 4.53. The summed E-state index contributed by atoms with van der Waals surface area (Å²) in [6, 6.07) is 10.5. The van der Waals surface area contributed by atoms with E-state index in [1.165, 1.54) is 38.6 Å². The molecule has 1 aliphatic heterocycles. The first-order chi connectivity index (χ1) is 13.7. The van der Waals surface area contributed by atoms with E-state index >= 15 is 0 Å². The fraction of sp³-hybridized carbons (Fsp3) is 0.478. The van der Waals surface area contributed by atoms with Gasteiger partial charge in [-0.05, 0) is 56.0 Å². The van der Waals surface area contributed by atoms with Gasteiger partial charge >= 0.3 is 0 Å². The molecule has 1 atom stereocenters. The van der Waals surface area contributed by atoms with E-state index in [2.05, 4.69) is 15.2 Å². The maximum absolute atomic E-state index is 12.9. The van der Waals surface area contributed by atoms with Crippen molar-refractivity contribution >= 4 is 11.6 Å². The minimum Gasteiger partial charge on any atom is -0.397 e. The quantitative estimate of drug-likeness (QED) is 0.847. The Morgan fingerprint density at radius 1 is 1.04 bits per heavy atom. The predicted octanol–water partition coefficient (Wildman–Crippen LogP) is 3.86. The van der Waals surface area contributed by atoms with Gasteiger partial charge in [-0.2, -0.15) is 0 Å². The molecule has 1 aliphatic carbocycles. The Balaban J connectivity index is 1.41. The van der Waals surface area contributed by atoms with Crippen LogP contribution in [0.3, 0.4) is 0 Å². The number of nitrogens with zero attached hydrogens (tertiary/aromatic N) is 2. The molecule has 1 aromatic carbocycles. The van der Waals surface area contributed by atoms with Gasteiger partial charge in [0.15, 0.2) is 0 Å². The number of likely N-dealkylation sites (tertiary alicyclic amines) is 1. The van der Waals surface area contributed by atoms with E-state index < -0.39 is 0 Å². The third-order valence-corrected chi connectivity index (χ3v) is 6.10. The second-order valence-electron chi connectivity index (χ2n) is 8.19. The summed E-state index contributed by atoms with van der Waals surface area (Å²) in [6.07, 6.45) is 12.3. The summed E-state index contributed by atoms with van der Waals surface area (Å²) in [5.74, 6) is 0.00852. The van der Waals surface area contributed by atoms with Crippen molar-refractivity contribution < 1.29 is 4.79 Å². The van der Waals surface area contributed by atoms with Gasteiger partial charge in [-0.3, -0.25) is 14.7 Å². The average molecular weight is 379 g/mol. The molecule has 5 nitrogen and oxygen atoms in total. The van der Waals surface area contributed by atoms with Gasteiger partial charge in [0.25, 0.3) is 5.91 Å². The van der Waals surface area contributed by atoms with E-state index in [1.807, 2.05) is 30.3 Å². The zero-order valence-corrected chi connectivity index (χ0v) is 16.4. The highest BCUT2D eigenvalue weighted by Crippen LogP contribution is 2.26. The molecule has 0 unspecified atom stereocenters. The van der Waals surface area contributed by atoms with Gasteiger partial charge < -0.3 is 11.1 Å². The van der Waals surface area contributed by atoms with Gasteiger partial charge in [0.05, 0.1) is 5.69 Å². The van der Waals surface area contributed by atoms with E-state index in [0.29, 0.717) is 17.3 Å². The lowest BCUT2D eigenvalue weighted by Crippen LogP contribution is -2.51. The monoisotopic (exact) mass is 378 g/mol. The van der Waals surface area contributed by atoms with Gasteiger partial charge in [0.2, 0.25) is 0 Å². The zero-order chi connectivity index (χ0) is 19.3. The maximum atomic E-state index is 12.9. The average Bonchev–Trinajstić information content (AvgIpc) is 2.75. The number of carbonyl (C=O) groups excluding carboxylic acids is 1. The fourth-order valence-corrected chi connectivity index (χ4v) is 4.63. The lowest BCUT2D eigenvalue weighted by Gasteiger charge is -2.40. The Hall–Kier alpha value is -2.40. The highest BCUT2D eigenvalue weighted by atomic mass is 16.1. The minimum absolute atomic E-state index is 0.00852. The minimum atomic E-state index is 0.00852. The summed E-state index contributed by atoms with van der Waals surface area (Å²) in [5.41, 5.74) is 9.04. The molecule has 1 saturated carbocycles. The molecule has 2 aliphatic rings. The molecule has 5 heteroatoms. The molecule has 0 spiro atoms. The topological polar surface area (TPSA) is 71.2 Å². The van der Waals surface area contributed by atoms with Crippen molar-refractivity contribution in [3.63, 3.8) is 0 Å². The van der Waals surface area contributed by atoms with Crippen LogP contribution in [0.25, 0.3) is 11.1 Å². The van der Waals surface area contributed by atoms with E-state index in [-0.39, 0.29) is 11.9 Å². The number of aromatic nitrogens is 1. The molecule has 2 heterocycles. The van der Waals surface area contributed by atoms with Crippen molar-refractivity contribution in [3.8, 4) is 11.1 Å². The summed E-state index contributed by atoms with van der Waals surface area (Å²) in [4.78, 5) is 19.6. The number of carbonyl (C=O) groups is 1. The third-order valence-electron chi connectivity index (χ3n) is 6.10. The molecule has 0 bridgehead atoms. The van der Waals surface area contributed by atoms with Crippen molar-refractivity contribution in [2.24, 2.45) is 0 Å². The molecule has 1 amide bonds. The van der Waals surface area contributed by atoms with Crippen LogP contribution in [0.2, 0.25) is 0 Å². The van der Waals surface area contributed by atoms with Crippen LogP contribution in [-0.4, -0.2) is 41.0 Å². The van der Waals surface area contributed by atoms with Crippen molar-refractivity contribution in [1.82, 2.24) is 15.2 Å². The predicted molar refractivity (Wildman–Crippen MR) is 113 cm³/mol. The van der Waals surface area contributed by atoms with Crippen LogP contribution in [0.4, 0.5) is 5.69 Å². The second-order valence-corrected chi connectivity index (χ2v) is 8.19. The van der Waals surface area contributed by atoms with Crippen molar-refractivity contribution in [1.29, 1.82) is 0 Å². The number of nitrogens with one attached hydrogen (secondary N) is 1. The molecule has 2 fully saturated rings. The summed E-state index contributed by atoms with van der Waals surface area (Å²) < 4.78 is 0. The molecule has 148 valence electrons. The van der Waals surface area contributed by atoms with Gasteiger partial charge in [-0.25, -0.2) is 0 Å². The number of amides is 1. The summed E-state index contributed by atoms with van der Waals surface area (Å²) in [5, 5.41) is 3.27. The number of nitrogen functional groups attached to an aromatic ring is 1. The van der Waals surface area contributed by atoms with Crippen LogP contribution in [0.1, 0.15) is 55.3 Å². The highest BCUT2D eigenvalue weighted by Gasteiger charge is 2.27. The van der Waals surface area contributed by atoms with Crippen LogP contribution in [0, 0.1) is 0 Å². The number of nitrogens with two attached hydrogens (primary N) is 1. The fourth-order valence-electron chi connectivity index (χ4n) is 4.63. The first kappa shape index (κ1) is 18.9. The Morgan fingerprint density at radius 3 is 2.71 bits per heavy atom. The molecule has 28 heavy (non-hydrogen) atoms. The van der Waals surface area contributed by atoms with Crippen molar-refractivity contribution in [2.75, 3.05) is 18.8 Å². The number of rotatable bonds is 4. The summed E-state index contributed by atoms with van der Waals surface area (Å²) in [7, 11) is 0. The van der Waals surface area contributed by atoms with E-state index in [9.17, 15) is 4.79 Å². The van der Waals surface area contributed by atoms with Crippen molar-refractivity contribution in [3.05, 3.63) is 48.3 Å². The van der Waals surface area contributed by atoms with E-state index in [4.69, 9.17) is 5.73 Å². The number of hydrogen-bond donors (Lipinski definition) is 2. The van der Waals surface area contributed by atoms with Gasteiger partial charge in [0.1, 0.15) is 0 Å². The standard InChI is InChI=1S/C23H30N4O/c24-20-13-19(14-25-15-20)17-6-4-7-18(12-17)23(28)26-21-8-5-11-27(16-21)22-9-2-1-3-10-22/h4,6-7,12-15,21-22H,1-3,5,8-11,16,24H2,(H,26,28)/t21-/m1/s1. The second kappa shape index (κ2) is 8.74. The summed E-state index contributed by atoms with van der Waals surface area (Å²) in [6.45, 7) is 2.16. The zero-order valence-electron chi connectivity index (χ0n) is 16.4. The van der Waals surface area contributed by atoms with Gasteiger partial charge in [-0.1, -0.05) is 31.4 Å². The number of benzene rings is 1. The Labute approximate surface area is 167 Å². The van der Waals surface area contributed by atoms with Crippen LogP contribution in [0.15, 0.2) is 42.7 Å².